The lowest BCUT2D eigenvalue weighted by Crippen LogP contribution is -2.41. The number of carbonyl (C=O) groups is 2. The first-order chi connectivity index (χ1) is 16.9. The van der Waals surface area contributed by atoms with Crippen molar-refractivity contribution < 1.29 is 19.1 Å². The third kappa shape index (κ3) is 6.29. The number of halogens is 1. The van der Waals surface area contributed by atoms with Crippen LogP contribution in [-0.2, 0) is 11.2 Å². The Bertz CT molecular complexity index is 1160. The summed E-state index contributed by atoms with van der Waals surface area (Å²) in [5.41, 5.74) is 2.42. The third-order valence-electron chi connectivity index (χ3n) is 6.25. The number of hydrogen-bond acceptors (Lipinski definition) is 5. The van der Waals surface area contributed by atoms with Gasteiger partial charge in [-0.1, -0.05) is 30.3 Å². The Kier molecular flexibility index (Phi) is 7.84. The van der Waals surface area contributed by atoms with Crippen molar-refractivity contribution in [2.45, 2.75) is 50.4 Å². The number of amides is 2. The van der Waals surface area contributed by atoms with E-state index in [1.807, 2.05) is 36.4 Å². The molecule has 0 saturated carbocycles. The molecule has 1 unspecified atom stereocenters. The standard InChI is InChI=1S/C27H29FN4O3/c1-17(30-27(35)22-6-2-3-7-23(22)28)26(34)32-20-10-8-18(9-11-20)15-21-12-13-24(31-21)25(33)19-5-4-14-29-16-19/h2-11,14,16-17,21,24-25,31,33H,12-13,15H2,1H3,(H,30,35)(H,32,34)/t17-,21-,24+,25?/m0/s1. The van der Waals surface area contributed by atoms with Gasteiger partial charge in [0.15, 0.2) is 0 Å². The molecule has 4 atom stereocenters. The lowest BCUT2D eigenvalue weighted by molar-refractivity contribution is -0.117. The Labute approximate surface area is 203 Å². The van der Waals surface area contributed by atoms with Gasteiger partial charge in [-0.15, -0.1) is 0 Å². The smallest absolute Gasteiger partial charge is 0.254 e. The van der Waals surface area contributed by atoms with Crippen molar-refractivity contribution in [1.29, 1.82) is 0 Å². The number of rotatable bonds is 8. The van der Waals surface area contributed by atoms with Crippen LogP contribution in [0.25, 0.3) is 0 Å². The van der Waals surface area contributed by atoms with E-state index in [1.54, 1.807) is 25.4 Å². The Hall–Kier alpha value is -3.62. The number of nitrogens with one attached hydrogen (secondary N) is 3. The van der Waals surface area contributed by atoms with Gasteiger partial charge in [0.1, 0.15) is 11.9 Å². The van der Waals surface area contributed by atoms with Gasteiger partial charge in [-0.3, -0.25) is 14.6 Å². The van der Waals surface area contributed by atoms with Crippen molar-refractivity contribution in [3.8, 4) is 0 Å². The molecule has 2 aromatic carbocycles. The average molecular weight is 477 g/mol. The molecule has 1 saturated heterocycles. The van der Waals surface area contributed by atoms with E-state index in [0.717, 1.165) is 30.4 Å². The van der Waals surface area contributed by atoms with Crippen molar-refractivity contribution >= 4 is 17.5 Å². The number of carbonyl (C=O) groups excluding carboxylic acids is 2. The summed E-state index contributed by atoms with van der Waals surface area (Å²) in [7, 11) is 0. The highest BCUT2D eigenvalue weighted by Crippen LogP contribution is 2.26. The summed E-state index contributed by atoms with van der Waals surface area (Å²) < 4.78 is 13.8. The lowest BCUT2D eigenvalue weighted by atomic mass is 10.0. The summed E-state index contributed by atoms with van der Waals surface area (Å²) in [6.45, 7) is 1.55. The van der Waals surface area contributed by atoms with Crippen molar-refractivity contribution in [3.63, 3.8) is 0 Å². The highest BCUT2D eigenvalue weighted by atomic mass is 19.1. The molecular formula is C27H29FN4O3. The van der Waals surface area contributed by atoms with E-state index in [9.17, 15) is 19.1 Å². The highest BCUT2D eigenvalue weighted by Gasteiger charge is 2.30. The Morgan fingerprint density at radius 1 is 1.11 bits per heavy atom. The summed E-state index contributed by atoms with van der Waals surface area (Å²) in [5, 5.41) is 19.4. The fourth-order valence-corrected chi connectivity index (χ4v) is 4.29. The third-order valence-corrected chi connectivity index (χ3v) is 6.25. The predicted molar refractivity (Wildman–Crippen MR) is 131 cm³/mol. The minimum absolute atomic E-state index is 0.0104. The van der Waals surface area contributed by atoms with Gasteiger partial charge in [-0.2, -0.15) is 0 Å². The predicted octanol–water partition coefficient (Wildman–Crippen LogP) is 3.37. The molecule has 182 valence electrons. The van der Waals surface area contributed by atoms with Crippen molar-refractivity contribution in [2.75, 3.05) is 5.32 Å². The molecule has 0 radical (unpaired) electrons. The minimum atomic E-state index is -0.840. The second kappa shape index (κ2) is 11.2. The molecule has 7 nitrogen and oxygen atoms in total. The van der Waals surface area contributed by atoms with Crippen LogP contribution in [0, 0.1) is 5.82 Å². The Morgan fingerprint density at radius 3 is 2.60 bits per heavy atom. The summed E-state index contributed by atoms with van der Waals surface area (Å²) in [5.74, 6) is -1.67. The van der Waals surface area contributed by atoms with E-state index in [0.29, 0.717) is 5.69 Å². The number of aromatic nitrogens is 1. The molecule has 4 N–H and O–H groups in total. The zero-order valence-corrected chi connectivity index (χ0v) is 19.4. The molecule has 2 heterocycles. The zero-order chi connectivity index (χ0) is 24.8. The fraction of sp³-hybridized carbons (Fsp3) is 0.296. The molecule has 8 heteroatoms. The molecule has 0 spiro atoms. The molecule has 4 rings (SSSR count). The normalized spacial score (nSPS) is 19.1. The van der Waals surface area contributed by atoms with Gasteiger partial charge < -0.3 is 21.1 Å². The van der Waals surface area contributed by atoms with E-state index in [-0.39, 0.29) is 17.6 Å². The Balaban J connectivity index is 1.26. The minimum Gasteiger partial charge on any atom is -0.387 e. The fourth-order valence-electron chi connectivity index (χ4n) is 4.29. The maximum Gasteiger partial charge on any atom is 0.254 e. The van der Waals surface area contributed by atoms with Gasteiger partial charge in [0.05, 0.1) is 11.7 Å². The summed E-state index contributed by atoms with van der Waals surface area (Å²) in [6, 6.07) is 16.3. The second-order valence-corrected chi connectivity index (χ2v) is 8.84. The second-order valence-electron chi connectivity index (χ2n) is 8.84. The van der Waals surface area contributed by atoms with Crippen LogP contribution in [0.4, 0.5) is 10.1 Å². The number of hydrogen-bond donors (Lipinski definition) is 4. The van der Waals surface area contributed by atoms with Crippen LogP contribution in [0.15, 0.2) is 73.1 Å². The monoisotopic (exact) mass is 476 g/mol. The van der Waals surface area contributed by atoms with E-state index < -0.39 is 29.8 Å². The van der Waals surface area contributed by atoms with E-state index >= 15 is 0 Å². The van der Waals surface area contributed by atoms with Gasteiger partial charge in [-0.05, 0) is 62.1 Å². The lowest BCUT2D eigenvalue weighted by Gasteiger charge is -2.20. The van der Waals surface area contributed by atoms with Gasteiger partial charge >= 0.3 is 0 Å². The van der Waals surface area contributed by atoms with E-state index in [2.05, 4.69) is 20.9 Å². The molecule has 0 bridgehead atoms. The molecule has 1 fully saturated rings. The molecular weight excluding hydrogens is 447 g/mol. The SMILES string of the molecule is C[C@H](NC(=O)c1ccccc1F)C(=O)Nc1ccc(C[C@@H]2CC[C@H](C(O)c3cccnc3)N2)cc1. The number of pyridine rings is 1. The number of anilines is 1. The van der Waals surface area contributed by atoms with E-state index in [1.165, 1.54) is 18.2 Å². The first-order valence-electron chi connectivity index (χ1n) is 11.7. The van der Waals surface area contributed by atoms with Crippen LogP contribution in [0.5, 0.6) is 0 Å². The van der Waals surface area contributed by atoms with Crippen LogP contribution >= 0.6 is 0 Å². The number of nitrogens with zero attached hydrogens (tertiary/aromatic N) is 1. The van der Waals surface area contributed by atoms with Crippen molar-refractivity contribution in [1.82, 2.24) is 15.6 Å². The molecule has 1 aliphatic rings. The van der Waals surface area contributed by atoms with Crippen LogP contribution < -0.4 is 16.0 Å². The van der Waals surface area contributed by atoms with Crippen molar-refractivity contribution in [3.05, 3.63) is 95.6 Å². The van der Waals surface area contributed by atoms with Crippen LogP contribution in [0.3, 0.4) is 0 Å². The number of benzene rings is 2. The van der Waals surface area contributed by atoms with Gasteiger partial charge in [0, 0.05) is 35.7 Å². The first kappa shape index (κ1) is 24.5. The quantitative estimate of drug-likeness (QED) is 0.399. The summed E-state index contributed by atoms with van der Waals surface area (Å²) >= 11 is 0. The summed E-state index contributed by atoms with van der Waals surface area (Å²) in [6.07, 6.45) is 5.44. The van der Waals surface area contributed by atoms with E-state index in [4.69, 9.17) is 0 Å². The molecule has 0 aliphatic carbocycles. The van der Waals surface area contributed by atoms with Crippen LogP contribution in [-0.4, -0.2) is 40.0 Å². The van der Waals surface area contributed by atoms with Gasteiger partial charge in [-0.25, -0.2) is 4.39 Å². The first-order valence-corrected chi connectivity index (χ1v) is 11.7. The van der Waals surface area contributed by atoms with Crippen LogP contribution in [0.2, 0.25) is 0 Å². The maximum atomic E-state index is 13.8. The molecule has 1 aliphatic heterocycles. The topological polar surface area (TPSA) is 103 Å². The van der Waals surface area contributed by atoms with Crippen LogP contribution in [0.1, 0.15) is 47.4 Å². The molecule has 1 aromatic heterocycles. The number of aliphatic hydroxyl groups excluding tert-OH is 1. The summed E-state index contributed by atoms with van der Waals surface area (Å²) in [4.78, 5) is 28.8. The van der Waals surface area contributed by atoms with Gasteiger partial charge in [0.2, 0.25) is 5.91 Å². The average Bonchev–Trinajstić information content (AvgIpc) is 3.34. The molecule has 3 aromatic rings. The van der Waals surface area contributed by atoms with Gasteiger partial charge in [0.25, 0.3) is 5.91 Å². The largest absolute Gasteiger partial charge is 0.387 e. The zero-order valence-electron chi connectivity index (χ0n) is 19.4. The molecule has 2 amide bonds. The Morgan fingerprint density at radius 2 is 1.89 bits per heavy atom. The number of aliphatic hydroxyl groups is 1. The maximum absolute atomic E-state index is 13.8. The highest BCUT2D eigenvalue weighted by molar-refractivity contribution is 6.01. The van der Waals surface area contributed by atoms with Crippen molar-refractivity contribution in [2.24, 2.45) is 0 Å². The molecule has 35 heavy (non-hydrogen) atoms.